The van der Waals surface area contributed by atoms with Gasteiger partial charge in [-0.25, -0.2) is 9.97 Å². The van der Waals surface area contributed by atoms with Crippen molar-refractivity contribution >= 4 is 17.4 Å². The van der Waals surface area contributed by atoms with Gasteiger partial charge < -0.3 is 10.2 Å². The Morgan fingerprint density at radius 3 is 3.06 bits per heavy atom. The van der Waals surface area contributed by atoms with Gasteiger partial charge in [-0.3, -0.25) is 0 Å². The van der Waals surface area contributed by atoms with Crippen molar-refractivity contribution in [1.82, 2.24) is 14.9 Å². The third-order valence-electron chi connectivity index (χ3n) is 3.35. The van der Waals surface area contributed by atoms with Crippen molar-refractivity contribution in [2.75, 3.05) is 32.0 Å². The lowest BCUT2D eigenvalue weighted by atomic mass is 9.98. The molecule has 0 bridgehead atoms. The van der Waals surface area contributed by atoms with Crippen LogP contribution in [0.2, 0.25) is 5.15 Å². The highest BCUT2D eigenvalue weighted by Crippen LogP contribution is 2.17. The summed E-state index contributed by atoms with van der Waals surface area (Å²) in [5.41, 5.74) is 0. The maximum Gasteiger partial charge on any atom is 0.134 e. The summed E-state index contributed by atoms with van der Waals surface area (Å²) in [5.74, 6) is 2.34. The van der Waals surface area contributed by atoms with Crippen molar-refractivity contribution in [1.29, 1.82) is 0 Å². The van der Waals surface area contributed by atoms with Gasteiger partial charge >= 0.3 is 0 Å². The van der Waals surface area contributed by atoms with Crippen LogP contribution in [-0.4, -0.2) is 41.5 Å². The summed E-state index contributed by atoms with van der Waals surface area (Å²) >= 11 is 5.97. The summed E-state index contributed by atoms with van der Waals surface area (Å²) in [5, 5.41) is 3.91. The Morgan fingerprint density at radius 2 is 2.33 bits per heavy atom. The second-order valence-corrected chi connectivity index (χ2v) is 5.38. The van der Waals surface area contributed by atoms with E-state index in [1.165, 1.54) is 19.4 Å². The van der Waals surface area contributed by atoms with Gasteiger partial charge in [-0.1, -0.05) is 18.5 Å². The zero-order valence-corrected chi connectivity index (χ0v) is 11.9. The maximum atomic E-state index is 5.97. The molecule has 100 valence electrons. The Kier molecular flexibility index (Phi) is 4.78. The minimum absolute atomic E-state index is 0.519. The highest BCUT2D eigenvalue weighted by molar-refractivity contribution is 6.29. The maximum absolute atomic E-state index is 5.97. The largest absolute Gasteiger partial charge is 0.370 e. The first-order chi connectivity index (χ1) is 8.67. The second-order valence-electron chi connectivity index (χ2n) is 5.00. The highest BCUT2D eigenvalue weighted by atomic mass is 35.5. The van der Waals surface area contributed by atoms with Crippen molar-refractivity contribution in [3.05, 3.63) is 17.0 Å². The van der Waals surface area contributed by atoms with E-state index >= 15 is 0 Å². The van der Waals surface area contributed by atoms with Crippen LogP contribution in [0.3, 0.4) is 0 Å². The SMILES string of the molecule is CCc1nc(Cl)cc(NCC2CCCN(C)C2)n1. The zero-order valence-electron chi connectivity index (χ0n) is 11.1. The van der Waals surface area contributed by atoms with Crippen molar-refractivity contribution in [3.8, 4) is 0 Å². The van der Waals surface area contributed by atoms with E-state index < -0.39 is 0 Å². The summed E-state index contributed by atoms with van der Waals surface area (Å²) in [4.78, 5) is 11.0. The topological polar surface area (TPSA) is 41.1 Å². The lowest BCUT2D eigenvalue weighted by Gasteiger charge is -2.29. The third-order valence-corrected chi connectivity index (χ3v) is 3.54. The number of hydrogen-bond acceptors (Lipinski definition) is 4. The first kappa shape index (κ1) is 13.6. The van der Waals surface area contributed by atoms with E-state index in [2.05, 4.69) is 27.2 Å². The van der Waals surface area contributed by atoms with Crippen LogP contribution in [-0.2, 0) is 6.42 Å². The summed E-state index contributed by atoms with van der Waals surface area (Å²) < 4.78 is 0. The Bertz CT molecular complexity index is 397. The lowest BCUT2D eigenvalue weighted by Crippen LogP contribution is -2.35. The summed E-state index contributed by atoms with van der Waals surface area (Å²) in [6.07, 6.45) is 3.38. The molecule has 0 aromatic carbocycles. The molecule has 2 heterocycles. The quantitative estimate of drug-likeness (QED) is 0.852. The monoisotopic (exact) mass is 268 g/mol. The van der Waals surface area contributed by atoms with Crippen molar-refractivity contribution in [2.24, 2.45) is 5.92 Å². The molecule has 0 aliphatic carbocycles. The van der Waals surface area contributed by atoms with E-state index in [-0.39, 0.29) is 0 Å². The molecule has 0 amide bonds. The molecule has 1 unspecified atom stereocenters. The van der Waals surface area contributed by atoms with E-state index in [1.54, 1.807) is 6.07 Å². The van der Waals surface area contributed by atoms with Crippen molar-refractivity contribution < 1.29 is 0 Å². The standard InChI is InChI=1S/C13H21ClN4/c1-3-12-16-11(14)7-13(17-12)15-8-10-5-4-6-18(2)9-10/h7,10H,3-6,8-9H2,1-2H3,(H,15,16,17). The number of halogens is 1. The predicted octanol–water partition coefficient (Wildman–Crippen LogP) is 2.45. The highest BCUT2D eigenvalue weighted by Gasteiger charge is 2.16. The molecule has 18 heavy (non-hydrogen) atoms. The summed E-state index contributed by atoms with van der Waals surface area (Å²) in [6.45, 7) is 5.37. The molecular formula is C13H21ClN4. The smallest absolute Gasteiger partial charge is 0.134 e. The molecule has 1 aromatic heterocycles. The van der Waals surface area contributed by atoms with Crippen LogP contribution in [0.25, 0.3) is 0 Å². The van der Waals surface area contributed by atoms with E-state index in [0.29, 0.717) is 11.1 Å². The third kappa shape index (κ3) is 3.82. The van der Waals surface area contributed by atoms with Gasteiger partial charge in [0.1, 0.15) is 16.8 Å². The minimum Gasteiger partial charge on any atom is -0.370 e. The van der Waals surface area contributed by atoms with Crippen LogP contribution < -0.4 is 5.32 Å². The predicted molar refractivity (Wildman–Crippen MR) is 75.1 cm³/mol. The van der Waals surface area contributed by atoms with Crippen molar-refractivity contribution in [2.45, 2.75) is 26.2 Å². The van der Waals surface area contributed by atoms with Crippen molar-refractivity contribution in [3.63, 3.8) is 0 Å². The van der Waals surface area contributed by atoms with E-state index in [1.807, 2.05) is 6.92 Å². The van der Waals surface area contributed by atoms with Gasteiger partial charge in [0.25, 0.3) is 0 Å². The number of rotatable bonds is 4. The van der Waals surface area contributed by atoms with Crippen LogP contribution in [0.4, 0.5) is 5.82 Å². The Balaban J connectivity index is 1.91. The van der Waals surface area contributed by atoms with E-state index in [0.717, 1.165) is 31.2 Å². The summed E-state index contributed by atoms with van der Waals surface area (Å²) in [6, 6.07) is 1.80. The fourth-order valence-corrected chi connectivity index (χ4v) is 2.60. The van der Waals surface area contributed by atoms with Crippen LogP contribution in [0.5, 0.6) is 0 Å². The average Bonchev–Trinajstić information content (AvgIpc) is 2.36. The fourth-order valence-electron chi connectivity index (χ4n) is 2.40. The van der Waals surface area contributed by atoms with Gasteiger partial charge in [-0.2, -0.15) is 0 Å². The Hall–Kier alpha value is -0.870. The molecule has 1 aliphatic heterocycles. The average molecular weight is 269 g/mol. The van der Waals surface area contributed by atoms with Gasteiger partial charge in [0.05, 0.1) is 0 Å². The fraction of sp³-hybridized carbons (Fsp3) is 0.692. The molecular weight excluding hydrogens is 248 g/mol. The van der Waals surface area contributed by atoms with Crippen LogP contribution in [0.1, 0.15) is 25.6 Å². The number of aromatic nitrogens is 2. The minimum atomic E-state index is 0.519. The number of aryl methyl sites for hydroxylation is 1. The number of piperidine rings is 1. The molecule has 1 N–H and O–H groups in total. The zero-order chi connectivity index (χ0) is 13.0. The lowest BCUT2D eigenvalue weighted by molar-refractivity contribution is 0.217. The Labute approximate surface area is 114 Å². The van der Waals surface area contributed by atoms with Gasteiger partial charge in [0, 0.05) is 25.6 Å². The van der Waals surface area contributed by atoms with E-state index in [4.69, 9.17) is 11.6 Å². The first-order valence-corrected chi connectivity index (χ1v) is 7.01. The molecule has 0 spiro atoms. The number of nitrogens with zero attached hydrogens (tertiary/aromatic N) is 3. The van der Waals surface area contributed by atoms with Crippen LogP contribution >= 0.6 is 11.6 Å². The van der Waals surface area contributed by atoms with Gasteiger partial charge in [-0.05, 0) is 32.4 Å². The molecule has 1 aliphatic rings. The normalized spacial score (nSPS) is 20.9. The number of nitrogens with one attached hydrogen (secondary N) is 1. The first-order valence-electron chi connectivity index (χ1n) is 6.63. The molecule has 4 nitrogen and oxygen atoms in total. The molecule has 1 saturated heterocycles. The molecule has 1 aromatic rings. The van der Waals surface area contributed by atoms with E-state index in [9.17, 15) is 0 Å². The molecule has 5 heteroatoms. The number of hydrogen-bond donors (Lipinski definition) is 1. The second kappa shape index (κ2) is 6.34. The van der Waals surface area contributed by atoms with Gasteiger partial charge in [0.15, 0.2) is 0 Å². The molecule has 2 rings (SSSR count). The summed E-state index contributed by atoms with van der Waals surface area (Å²) in [7, 11) is 2.18. The number of likely N-dealkylation sites (tertiary alicyclic amines) is 1. The van der Waals surface area contributed by atoms with Gasteiger partial charge in [0.2, 0.25) is 0 Å². The van der Waals surface area contributed by atoms with Crippen LogP contribution in [0.15, 0.2) is 6.07 Å². The molecule has 1 atom stereocenters. The van der Waals surface area contributed by atoms with Gasteiger partial charge in [-0.15, -0.1) is 0 Å². The molecule has 0 radical (unpaired) electrons. The molecule has 0 saturated carbocycles. The molecule has 1 fully saturated rings. The van der Waals surface area contributed by atoms with Crippen LogP contribution in [0, 0.1) is 5.92 Å². The Morgan fingerprint density at radius 1 is 1.50 bits per heavy atom. The number of anilines is 1.